The third-order valence-electron chi connectivity index (χ3n) is 5.10. The molecule has 0 aliphatic carbocycles. The van der Waals surface area contributed by atoms with Crippen LogP contribution in [0.15, 0.2) is 0 Å². The van der Waals surface area contributed by atoms with Crippen molar-refractivity contribution in [3.05, 3.63) is 0 Å². The van der Waals surface area contributed by atoms with Crippen LogP contribution in [-0.4, -0.2) is 108 Å². The molecule has 0 spiro atoms. The molecule has 194 valence electrons. The van der Waals surface area contributed by atoms with Gasteiger partial charge in [0.15, 0.2) is 6.29 Å². The number of primary amides is 1. The van der Waals surface area contributed by atoms with E-state index in [1.54, 1.807) is 0 Å². The van der Waals surface area contributed by atoms with E-state index in [1.165, 1.54) is 21.0 Å². The van der Waals surface area contributed by atoms with Gasteiger partial charge in [-0.2, -0.15) is 0 Å². The highest BCUT2D eigenvalue weighted by atomic mass is 16.6. The van der Waals surface area contributed by atoms with Crippen molar-refractivity contribution in [2.45, 2.75) is 69.4 Å². The van der Waals surface area contributed by atoms with Gasteiger partial charge in [-0.15, -0.1) is 0 Å². The number of amides is 4. The molecule has 0 bridgehead atoms. The Morgan fingerprint density at radius 1 is 1.12 bits per heavy atom. The number of esters is 1. The van der Waals surface area contributed by atoms with E-state index in [9.17, 15) is 39.3 Å². The number of rotatable bonds is 12. The van der Waals surface area contributed by atoms with Gasteiger partial charge in [0.1, 0.15) is 18.2 Å². The largest absolute Gasteiger partial charge is 0.469 e. The third kappa shape index (κ3) is 8.83. The lowest BCUT2D eigenvalue weighted by Gasteiger charge is -2.43. The van der Waals surface area contributed by atoms with Gasteiger partial charge in [-0.1, -0.05) is 0 Å². The zero-order valence-corrected chi connectivity index (χ0v) is 19.1. The summed E-state index contributed by atoms with van der Waals surface area (Å²) in [6, 6.07) is -4.46. The van der Waals surface area contributed by atoms with Gasteiger partial charge in [0.25, 0.3) is 0 Å². The Balaban J connectivity index is 2.68. The van der Waals surface area contributed by atoms with Crippen LogP contribution in [0.3, 0.4) is 0 Å². The van der Waals surface area contributed by atoms with Gasteiger partial charge in [-0.25, -0.2) is 0 Å². The van der Waals surface area contributed by atoms with E-state index in [-0.39, 0.29) is 12.8 Å². The summed E-state index contributed by atoms with van der Waals surface area (Å²) in [5.74, 6) is -3.41. The highest BCUT2D eigenvalue weighted by Gasteiger charge is 2.44. The standard InChI is InChI=1S/C19H33N5O10/c1-8(18(31)24-10(17(20)30)4-5-13(28)33-3)22-12(27)6-21-14-15(23-9(2)26)19(32)34-11(7-25)16(14)29/h8,10-11,14-16,19,21,25,29,32H,4-7H2,1-3H3,(H2,20,30)(H,22,27)(H,23,26)(H,24,31). The Morgan fingerprint density at radius 3 is 2.29 bits per heavy atom. The van der Waals surface area contributed by atoms with Crippen molar-refractivity contribution in [2.75, 3.05) is 20.3 Å². The monoisotopic (exact) mass is 491 g/mol. The molecule has 0 aromatic heterocycles. The predicted molar refractivity (Wildman–Crippen MR) is 113 cm³/mol. The average Bonchev–Trinajstić information content (AvgIpc) is 2.77. The van der Waals surface area contributed by atoms with Crippen molar-refractivity contribution < 1.29 is 48.8 Å². The summed E-state index contributed by atoms with van der Waals surface area (Å²) >= 11 is 0. The van der Waals surface area contributed by atoms with Crippen molar-refractivity contribution in [2.24, 2.45) is 5.73 Å². The topological polar surface area (TPSA) is 239 Å². The van der Waals surface area contributed by atoms with Crippen LogP contribution in [0.4, 0.5) is 0 Å². The Labute approximate surface area is 195 Å². The Kier molecular flexibility index (Phi) is 11.8. The minimum absolute atomic E-state index is 0.0868. The first-order valence-electron chi connectivity index (χ1n) is 10.5. The number of carbonyl (C=O) groups is 5. The van der Waals surface area contributed by atoms with Crippen molar-refractivity contribution in [1.82, 2.24) is 21.3 Å². The number of ether oxygens (including phenoxy) is 2. The summed E-state index contributed by atoms with van der Waals surface area (Å²) < 4.78 is 9.55. The second kappa shape index (κ2) is 13.8. The van der Waals surface area contributed by atoms with E-state index >= 15 is 0 Å². The zero-order valence-electron chi connectivity index (χ0n) is 19.1. The highest BCUT2D eigenvalue weighted by molar-refractivity contribution is 5.91. The van der Waals surface area contributed by atoms with Gasteiger partial charge in [-0.3, -0.25) is 24.0 Å². The van der Waals surface area contributed by atoms with E-state index in [0.717, 1.165) is 0 Å². The fraction of sp³-hybridized carbons (Fsp3) is 0.737. The number of nitrogens with two attached hydrogens (primary N) is 1. The highest BCUT2D eigenvalue weighted by Crippen LogP contribution is 2.20. The number of aliphatic hydroxyl groups is 3. The quantitative estimate of drug-likeness (QED) is 0.120. The molecule has 34 heavy (non-hydrogen) atoms. The molecule has 0 aromatic carbocycles. The third-order valence-corrected chi connectivity index (χ3v) is 5.10. The fourth-order valence-corrected chi connectivity index (χ4v) is 3.27. The van der Waals surface area contributed by atoms with Gasteiger partial charge < -0.3 is 51.8 Å². The summed E-state index contributed by atoms with van der Waals surface area (Å²) in [5.41, 5.74) is 5.23. The van der Waals surface area contributed by atoms with Crippen molar-refractivity contribution in [3.8, 4) is 0 Å². The lowest BCUT2D eigenvalue weighted by atomic mass is 9.94. The first-order valence-corrected chi connectivity index (χ1v) is 10.5. The number of hydrogen-bond acceptors (Lipinski definition) is 11. The zero-order chi connectivity index (χ0) is 26.0. The maximum atomic E-state index is 12.3. The fourth-order valence-electron chi connectivity index (χ4n) is 3.27. The van der Waals surface area contributed by atoms with Gasteiger partial charge in [0.2, 0.25) is 23.6 Å². The second-order valence-corrected chi connectivity index (χ2v) is 7.74. The number of carbonyl (C=O) groups excluding carboxylic acids is 5. The lowest BCUT2D eigenvalue weighted by Crippen LogP contribution is -2.69. The maximum Gasteiger partial charge on any atom is 0.305 e. The summed E-state index contributed by atoms with van der Waals surface area (Å²) in [5, 5.41) is 39.6. The second-order valence-electron chi connectivity index (χ2n) is 7.74. The van der Waals surface area contributed by atoms with Crippen molar-refractivity contribution in [3.63, 3.8) is 0 Å². The smallest absolute Gasteiger partial charge is 0.305 e. The average molecular weight is 491 g/mol. The summed E-state index contributed by atoms with van der Waals surface area (Å²) in [6.07, 6.45) is -4.36. The first kappa shape index (κ1) is 29.2. The van der Waals surface area contributed by atoms with E-state index < -0.39 is 85.4 Å². The van der Waals surface area contributed by atoms with Crippen LogP contribution < -0.4 is 27.0 Å². The molecule has 1 aliphatic rings. The van der Waals surface area contributed by atoms with Crippen LogP contribution in [0.25, 0.3) is 0 Å². The molecule has 1 aliphatic heterocycles. The molecule has 1 heterocycles. The Bertz CT molecular complexity index is 751. The molecule has 9 N–H and O–H groups in total. The van der Waals surface area contributed by atoms with E-state index in [0.29, 0.717) is 0 Å². The minimum atomic E-state index is -1.56. The molecule has 7 unspecified atom stereocenters. The normalized spacial score (nSPS) is 26.0. The summed E-state index contributed by atoms with van der Waals surface area (Å²) in [7, 11) is 1.17. The molecule has 1 rings (SSSR count). The molecule has 0 aromatic rings. The Hall–Kier alpha value is -2.85. The van der Waals surface area contributed by atoms with Crippen LogP contribution in [-0.2, 0) is 33.4 Å². The van der Waals surface area contributed by atoms with Gasteiger partial charge in [0.05, 0.1) is 38.4 Å². The molecule has 15 heteroatoms. The first-order chi connectivity index (χ1) is 15.9. The lowest BCUT2D eigenvalue weighted by molar-refractivity contribution is -0.230. The molecule has 0 radical (unpaired) electrons. The number of nitrogens with one attached hydrogen (secondary N) is 4. The van der Waals surface area contributed by atoms with Gasteiger partial charge in [0, 0.05) is 13.3 Å². The molecule has 1 fully saturated rings. The van der Waals surface area contributed by atoms with Crippen LogP contribution >= 0.6 is 0 Å². The van der Waals surface area contributed by atoms with Crippen molar-refractivity contribution in [1.29, 1.82) is 0 Å². The van der Waals surface area contributed by atoms with Crippen LogP contribution in [0.5, 0.6) is 0 Å². The Morgan fingerprint density at radius 2 is 1.76 bits per heavy atom. The van der Waals surface area contributed by atoms with Crippen LogP contribution in [0.1, 0.15) is 26.7 Å². The molecule has 15 nitrogen and oxygen atoms in total. The minimum Gasteiger partial charge on any atom is -0.469 e. The van der Waals surface area contributed by atoms with E-state index in [4.69, 9.17) is 10.5 Å². The van der Waals surface area contributed by atoms with Crippen LogP contribution in [0.2, 0.25) is 0 Å². The van der Waals surface area contributed by atoms with E-state index in [1.807, 2.05) is 0 Å². The molecule has 0 saturated carbocycles. The number of hydrogen-bond donors (Lipinski definition) is 8. The summed E-state index contributed by atoms with van der Waals surface area (Å²) in [6.45, 7) is 1.47. The SMILES string of the molecule is COC(=O)CCC(NC(=O)C(C)NC(=O)CNC1C(O)C(CO)OC(O)C1NC(C)=O)C(N)=O. The molecular weight excluding hydrogens is 458 g/mol. The predicted octanol–water partition coefficient (Wildman–Crippen LogP) is -5.05. The molecule has 7 atom stereocenters. The van der Waals surface area contributed by atoms with E-state index in [2.05, 4.69) is 26.0 Å². The summed E-state index contributed by atoms with van der Waals surface area (Å²) in [4.78, 5) is 58.9. The maximum absolute atomic E-state index is 12.3. The van der Waals surface area contributed by atoms with Gasteiger partial charge in [-0.05, 0) is 13.3 Å². The molecule has 4 amide bonds. The number of aliphatic hydroxyl groups excluding tert-OH is 3. The van der Waals surface area contributed by atoms with Crippen LogP contribution in [0, 0.1) is 0 Å². The molecule has 1 saturated heterocycles. The number of methoxy groups -OCH3 is 1. The van der Waals surface area contributed by atoms with Gasteiger partial charge >= 0.3 is 5.97 Å². The van der Waals surface area contributed by atoms with Crippen molar-refractivity contribution >= 4 is 29.6 Å². The molecular formula is C19H33N5O10.